The highest BCUT2D eigenvalue weighted by Gasteiger charge is 2.35. The van der Waals surface area contributed by atoms with Crippen molar-refractivity contribution in [2.75, 3.05) is 18.0 Å². The van der Waals surface area contributed by atoms with E-state index in [1.165, 1.54) is 0 Å². The summed E-state index contributed by atoms with van der Waals surface area (Å²) in [4.78, 5) is 14.4. The number of hydrogen-bond acceptors (Lipinski definition) is 2. The van der Waals surface area contributed by atoms with Crippen LogP contribution in [0.25, 0.3) is 0 Å². The van der Waals surface area contributed by atoms with Gasteiger partial charge in [0.2, 0.25) is 5.91 Å². The average Bonchev–Trinajstić information content (AvgIpc) is 2.42. The number of carbonyl (C=O) groups excluding carboxylic acids is 1. The fourth-order valence-electron chi connectivity index (χ4n) is 2.13. The zero-order chi connectivity index (χ0) is 12.5. The van der Waals surface area contributed by atoms with Gasteiger partial charge in [-0.2, -0.15) is 0 Å². The predicted molar refractivity (Wildman–Crippen MR) is 70.0 cm³/mol. The summed E-state index contributed by atoms with van der Waals surface area (Å²) in [5, 5.41) is 3.33. The number of hydrogen-bond donors (Lipinski definition) is 1. The van der Waals surface area contributed by atoms with E-state index >= 15 is 0 Å². The Bertz CT molecular complexity index is 400. The minimum Gasteiger partial charge on any atom is -0.311 e. The van der Waals surface area contributed by atoms with E-state index < -0.39 is 5.54 Å². The van der Waals surface area contributed by atoms with Gasteiger partial charge in [0.15, 0.2) is 0 Å². The maximum Gasteiger partial charge on any atom is 0.246 e. The van der Waals surface area contributed by atoms with Gasteiger partial charge >= 0.3 is 0 Å². The van der Waals surface area contributed by atoms with Gasteiger partial charge in [-0.15, -0.1) is 0 Å². The zero-order valence-corrected chi connectivity index (χ0v) is 10.7. The van der Waals surface area contributed by atoms with Gasteiger partial charge in [-0.1, -0.05) is 25.1 Å². The smallest absolute Gasteiger partial charge is 0.246 e. The van der Waals surface area contributed by atoms with Crippen molar-refractivity contribution in [1.82, 2.24) is 5.32 Å². The van der Waals surface area contributed by atoms with Crippen LogP contribution in [0.2, 0.25) is 0 Å². The fourth-order valence-corrected chi connectivity index (χ4v) is 2.13. The number of para-hydroxylation sites is 1. The lowest BCUT2D eigenvalue weighted by Crippen LogP contribution is -2.51. The van der Waals surface area contributed by atoms with Crippen molar-refractivity contribution in [3.63, 3.8) is 0 Å². The molecule has 17 heavy (non-hydrogen) atoms. The fraction of sp³-hybridized carbons (Fsp3) is 0.500. The molecule has 1 fully saturated rings. The molecule has 1 heterocycles. The molecule has 0 aromatic heterocycles. The average molecular weight is 232 g/mol. The van der Waals surface area contributed by atoms with Crippen LogP contribution in [0.4, 0.5) is 5.69 Å². The monoisotopic (exact) mass is 232 g/mol. The molecule has 1 aliphatic heterocycles. The normalized spacial score (nSPS) is 24.5. The summed E-state index contributed by atoms with van der Waals surface area (Å²) in [7, 11) is 0. The lowest BCUT2D eigenvalue weighted by Gasteiger charge is -2.29. The highest BCUT2D eigenvalue weighted by atomic mass is 16.2. The van der Waals surface area contributed by atoms with Gasteiger partial charge in [0.05, 0.1) is 5.54 Å². The first-order valence-electron chi connectivity index (χ1n) is 6.13. The quantitative estimate of drug-likeness (QED) is 0.803. The van der Waals surface area contributed by atoms with Gasteiger partial charge in [0.1, 0.15) is 0 Å². The molecule has 1 saturated heterocycles. The van der Waals surface area contributed by atoms with Gasteiger partial charge in [-0.25, -0.2) is 0 Å². The summed E-state index contributed by atoms with van der Waals surface area (Å²) < 4.78 is 0. The third-order valence-electron chi connectivity index (χ3n) is 3.23. The molecular weight excluding hydrogens is 212 g/mol. The van der Waals surface area contributed by atoms with Crippen LogP contribution in [0.1, 0.15) is 20.8 Å². The minimum atomic E-state index is -0.486. The second kappa shape index (κ2) is 4.49. The summed E-state index contributed by atoms with van der Waals surface area (Å²) in [5.74, 6) is 0.606. The number of nitrogens with one attached hydrogen (secondary N) is 1. The van der Waals surface area contributed by atoms with Gasteiger partial charge in [0, 0.05) is 18.8 Å². The van der Waals surface area contributed by atoms with Gasteiger partial charge in [-0.3, -0.25) is 4.79 Å². The summed E-state index contributed by atoms with van der Waals surface area (Å²) >= 11 is 0. The maximum absolute atomic E-state index is 12.5. The van der Waals surface area contributed by atoms with Crippen molar-refractivity contribution in [3.8, 4) is 0 Å². The van der Waals surface area contributed by atoms with Gasteiger partial charge in [-0.05, 0) is 31.9 Å². The second-order valence-electron chi connectivity index (χ2n) is 5.36. The minimum absolute atomic E-state index is 0.146. The van der Waals surface area contributed by atoms with E-state index in [-0.39, 0.29) is 5.91 Å². The van der Waals surface area contributed by atoms with Gasteiger partial charge in [0.25, 0.3) is 0 Å². The molecule has 0 aliphatic carbocycles. The Kier molecular flexibility index (Phi) is 3.20. The lowest BCUT2D eigenvalue weighted by atomic mass is 10.0. The molecule has 1 atom stereocenters. The second-order valence-corrected chi connectivity index (χ2v) is 5.36. The van der Waals surface area contributed by atoms with Crippen molar-refractivity contribution in [2.24, 2.45) is 5.92 Å². The molecular formula is C14H20N2O. The zero-order valence-electron chi connectivity index (χ0n) is 10.7. The molecule has 3 heteroatoms. The van der Waals surface area contributed by atoms with Crippen molar-refractivity contribution in [2.45, 2.75) is 26.3 Å². The standard InChI is InChI=1S/C14H20N2O/c1-11-9-15-14(2,3)13(17)16(10-11)12-7-5-4-6-8-12/h4-8,11,15H,9-10H2,1-3H3. The summed E-state index contributed by atoms with van der Waals surface area (Å²) in [6.07, 6.45) is 0. The third kappa shape index (κ3) is 2.50. The molecule has 3 nitrogen and oxygen atoms in total. The van der Waals surface area contributed by atoms with Crippen LogP contribution in [0.5, 0.6) is 0 Å². The van der Waals surface area contributed by atoms with E-state index in [1.54, 1.807) is 0 Å². The molecule has 1 aliphatic rings. The molecule has 92 valence electrons. The molecule has 1 aromatic carbocycles. The third-order valence-corrected chi connectivity index (χ3v) is 3.23. The van der Waals surface area contributed by atoms with Crippen LogP contribution in [0.3, 0.4) is 0 Å². The van der Waals surface area contributed by atoms with E-state index in [9.17, 15) is 4.79 Å². The number of rotatable bonds is 1. The topological polar surface area (TPSA) is 32.3 Å². The van der Waals surface area contributed by atoms with Crippen LogP contribution in [-0.4, -0.2) is 24.5 Å². The first-order valence-corrected chi connectivity index (χ1v) is 6.13. The van der Waals surface area contributed by atoms with Crippen LogP contribution in [0.15, 0.2) is 30.3 Å². The van der Waals surface area contributed by atoms with E-state index in [1.807, 2.05) is 49.1 Å². The van der Waals surface area contributed by atoms with Crippen LogP contribution in [0, 0.1) is 5.92 Å². The molecule has 1 amide bonds. The molecule has 0 saturated carbocycles. The Morgan fingerprint density at radius 3 is 2.59 bits per heavy atom. The number of carbonyl (C=O) groups is 1. The molecule has 0 spiro atoms. The Hall–Kier alpha value is -1.35. The van der Waals surface area contributed by atoms with Crippen molar-refractivity contribution in [1.29, 1.82) is 0 Å². The highest BCUT2D eigenvalue weighted by Crippen LogP contribution is 2.22. The first-order chi connectivity index (χ1) is 8.00. The largest absolute Gasteiger partial charge is 0.311 e. The number of nitrogens with zero attached hydrogens (tertiary/aromatic N) is 1. The van der Waals surface area contributed by atoms with E-state index in [4.69, 9.17) is 0 Å². The molecule has 0 radical (unpaired) electrons. The Balaban J connectivity index is 2.34. The molecule has 1 aromatic rings. The maximum atomic E-state index is 12.5. The lowest BCUT2D eigenvalue weighted by molar-refractivity contribution is -0.123. The molecule has 1 unspecified atom stereocenters. The summed E-state index contributed by atoms with van der Waals surface area (Å²) in [6, 6.07) is 9.90. The van der Waals surface area contributed by atoms with Crippen LogP contribution < -0.4 is 10.2 Å². The predicted octanol–water partition coefficient (Wildman–Crippen LogP) is 2.04. The van der Waals surface area contributed by atoms with Crippen molar-refractivity contribution < 1.29 is 4.79 Å². The van der Waals surface area contributed by atoms with E-state index in [2.05, 4.69) is 12.2 Å². The molecule has 2 rings (SSSR count). The van der Waals surface area contributed by atoms with Crippen molar-refractivity contribution >= 4 is 11.6 Å². The SMILES string of the molecule is CC1CNC(C)(C)C(=O)N(c2ccccc2)C1. The van der Waals surface area contributed by atoms with Crippen molar-refractivity contribution in [3.05, 3.63) is 30.3 Å². The summed E-state index contributed by atoms with van der Waals surface area (Å²) in [5.41, 5.74) is 0.502. The first kappa shape index (κ1) is 12.1. The molecule has 0 bridgehead atoms. The number of amides is 1. The van der Waals surface area contributed by atoms with Crippen LogP contribution >= 0.6 is 0 Å². The number of benzene rings is 1. The van der Waals surface area contributed by atoms with Crippen LogP contribution in [-0.2, 0) is 4.79 Å². The Labute approximate surface area is 103 Å². The molecule has 1 N–H and O–H groups in total. The van der Waals surface area contributed by atoms with E-state index in [0.717, 1.165) is 18.8 Å². The Morgan fingerprint density at radius 2 is 1.94 bits per heavy atom. The highest BCUT2D eigenvalue weighted by molar-refractivity contribution is 6.00. The number of anilines is 1. The van der Waals surface area contributed by atoms with Gasteiger partial charge < -0.3 is 10.2 Å². The summed E-state index contributed by atoms with van der Waals surface area (Å²) in [6.45, 7) is 7.71. The van der Waals surface area contributed by atoms with E-state index in [0.29, 0.717) is 5.92 Å². The Morgan fingerprint density at radius 1 is 1.29 bits per heavy atom.